The Hall–Kier alpha value is -5.05. The second-order valence-corrected chi connectivity index (χ2v) is 23.6. The molecule has 0 aromatic carbocycles. The van der Waals surface area contributed by atoms with Gasteiger partial charge in [0.1, 0.15) is 23.1 Å². The summed E-state index contributed by atoms with van der Waals surface area (Å²) >= 11 is 0. The minimum Gasteiger partial charge on any atom is -0.469 e. The number of hydrogen-bond donors (Lipinski definition) is 2. The first-order valence-corrected chi connectivity index (χ1v) is 35.5. The zero-order valence-electron chi connectivity index (χ0n) is 60.7. The van der Waals surface area contributed by atoms with E-state index in [2.05, 4.69) is 42.5 Å². The van der Waals surface area contributed by atoms with Crippen LogP contribution < -0.4 is 11.1 Å². The van der Waals surface area contributed by atoms with Gasteiger partial charge in [0, 0.05) is 108 Å². The third-order valence-electron chi connectivity index (χ3n) is 14.9. The van der Waals surface area contributed by atoms with Crippen molar-refractivity contribution >= 4 is 59.4 Å². The summed E-state index contributed by atoms with van der Waals surface area (Å²) in [5.74, 6) is 0.395. The first-order chi connectivity index (χ1) is 45.9. The normalized spacial score (nSPS) is 10.5. The van der Waals surface area contributed by atoms with Gasteiger partial charge in [-0.1, -0.05) is 143 Å². The van der Waals surface area contributed by atoms with Crippen molar-refractivity contribution < 1.29 is 100 Å². The van der Waals surface area contributed by atoms with E-state index >= 15 is 0 Å². The molecule has 0 radical (unpaired) electrons. The van der Waals surface area contributed by atoms with Crippen LogP contribution in [0.5, 0.6) is 0 Å². The molecule has 0 spiro atoms. The molecule has 0 bridgehead atoms. The van der Waals surface area contributed by atoms with E-state index in [-0.39, 0.29) is 117 Å². The topological polar surface area (TPSA) is 334 Å². The smallest absolute Gasteiger partial charge is 0.373 e. The van der Waals surface area contributed by atoms with Gasteiger partial charge < -0.3 is 48.9 Å². The van der Waals surface area contributed by atoms with Crippen molar-refractivity contribution in [3.8, 4) is 0 Å². The lowest BCUT2D eigenvalue weighted by Crippen LogP contribution is -2.40. The Morgan fingerprint density at radius 2 is 0.589 bits per heavy atom. The van der Waals surface area contributed by atoms with Crippen molar-refractivity contribution in [1.29, 1.82) is 0 Å². The lowest BCUT2D eigenvalue weighted by Gasteiger charge is -2.33. The summed E-state index contributed by atoms with van der Waals surface area (Å²) in [6.07, 6.45) is 32.4. The number of Topliss-reactive ketones (excluding diaryl/α,β-unsaturated/α-hetero) is 4. The number of methoxy groups -OCH3 is 2. The summed E-state index contributed by atoms with van der Waals surface area (Å²) in [7, 11) is 2.85. The number of rotatable bonds is 63. The second-order valence-electron chi connectivity index (χ2n) is 23.6. The Morgan fingerprint density at radius 3 is 0.863 bits per heavy atom. The van der Waals surface area contributed by atoms with Crippen LogP contribution in [0.15, 0.2) is 0 Å². The third-order valence-corrected chi connectivity index (χ3v) is 14.9. The Kier molecular flexibility index (Phi) is 88.4. The standard InChI is InChI=1S/C41H75NO9.C24H46O6.C4H11N.3CO2/c1-5-8-17-21-36(43)25-29-49-33-41(34-50-30-26-37(44)22-18-9-6-2,35-51-31-27-39(46)42-28-10-7-3)32-38(45)23-19-15-13-11-12-14-16-20-24-40(47)48-4;1-5-28-19-24(20-29-6-2,21-30-7-3)18-22(25)16-14-12-10-8-9-11-13-15-17-23(26)27-4;1-2-3-4-5;3*2-1-3/h5-35H2,1-4H3,(H,42,46);5-21H2,1-4H3;2-5H2,1H3;;;. The minimum atomic E-state index is -0.795. The molecule has 0 aromatic heterocycles. The fourth-order valence-corrected chi connectivity index (χ4v) is 9.53. The predicted molar refractivity (Wildman–Crippen MR) is 361 cm³/mol. The molecule has 0 aliphatic rings. The van der Waals surface area contributed by atoms with Crippen molar-refractivity contribution in [2.75, 3.05) is 107 Å². The fraction of sp³-hybridized carbons (Fsp3) is 0.861. The first-order valence-electron chi connectivity index (χ1n) is 35.5. The second kappa shape index (κ2) is 83.2. The lowest BCUT2D eigenvalue weighted by molar-refractivity contribution is -0.193. The molecule has 0 heterocycles. The summed E-state index contributed by atoms with van der Waals surface area (Å²) < 4.78 is 44.6. The summed E-state index contributed by atoms with van der Waals surface area (Å²) in [4.78, 5) is 134. The molecule has 0 saturated carbocycles. The number of nitrogens with one attached hydrogen (secondary N) is 1. The lowest BCUT2D eigenvalue weighted by atomic mass is 9.83. The van der Waals surface area contributed by atoms with E-state index in [0.717, 1.165) is 148 Å². The number of nitrogens with two attached hydrogens (primary N) is 1. The molecule has 0 aliphatic heterocycles. The van der Waals surface area contributed by atoms with Crippen LogP contribution in [0.4, 0.5) is 0 Å². The van der Waals surface area contributed by atoms with Gasteiger partial charge >= 0.3 is 30.4 Å². The van der Waals surface area contributed by atoms with Crippen LogP contribution in [0.25, 0.3) is 0 Å². The maximum atomic E-state index is 13.4. The van der Waals surface area contributed by atoms with Gasteiger partial charge in [-0.05, 0) is 78.7 Å². The van der Waals surface area contributed by atoms with Gasteiger partial charge in [-0.3, -0.25) is 33.6 Å². The zero-order valence-corrected chi connectivity index (χ0v) is 60.7. The van der Waals surface area contributed by atoms with E-state index in [1.165, 1.54) is 39.9 Å². The first kappa shape index (κ1) is 101. The monoisotopic (exact) mass is 1360 g/mol. The summed E-state index contributed by atoms with van der Waals surface area (Å²) in [5, 5.41) is 2.91. The number of unbranched alkanes of at least 4 members (excludes halogenated alkanes) is 20. The molecular weight excluding hydrogens is 1230 g/mol. The minimum absolute atomic E-state index is 0.0676. The highest BCUT2D eigenvalue weighted by Gasteiger charge is 2.36. The predicted octanol–water partition coefficient (Wildman–Crippen LogP) is 12.6. The van der Waals surface area contributed by atoms with Crippen molar-refractivity contribution in [3.05, 3.63) is 0 Å². The van der Waals surface area contributed by atoms with Gasteiger partial charge in [-0.25, -0.2) is 0 Å². The molecule has 0 aliphatic carbocycles. The third kappa shape index (κ3) is 81.3. The van der Waals surface area contributed by atoms with Gasteiger partial charge in [0.2, 0.25) is 5.91 Å². The summed E-state index contributed by atoms with van der Waals surface area (Å²) in [6, 6.07) is 0. The van der Waals surface area contributed by atoms with Gasteiger partial charge in [0.25, 0.3) is 0 Å². The Labute approximate surface area is 572 Å². The molecule has 95 heavy (non-hydrogen) atoms. The van der Waals surface area contributed by atoms with Crippen LogP contribution in [0, 0.1) is 10.8 Å². The van der Waals surface area contributed by atoms with Crippen LogP contribution in [-0.2, 0) is 100 Å². The number of carbonyl (C=O) groups excluding carboxylic acids is 13. The largest absolute Gasteiger partial charge is 0.469 e. The highest BCUT2D eigenvalue weighted by atomic mass is 16.5. The number of carbonyl (C=O) groups is 7. The Morgan fingerprint density at radius 1 is 0.326 bits per heavy atom. The van der Waals surface area contributed by atoms with Gasteiger partial charge in [0.15, 0.2) is 0 Å². The molecule has 3 N–H and O–H groups in total. The van der Waals surface area contributed by atoms with Crippen molar-refractivity contribution in [2.45, 2.75) is 286 Å². The van der Waals surface area contributed by atoms with Crippen molar-refractivity contribution in [2.24, 2.45) is 16.6 Å². The van der Waals surface area contributed by atoms with E-state index in [4.69, 9.17) is 62.9 Å². The van der Waals surface area contributed by atoms with E-state index in [0.29, 0.717) is 104 Å². The molecule has 23 heteroatoms. The van der Waals surface area contributed by atoms with Gasteiger partial charge in [-0.2, -0.15) is 28.8 Å². The molecule has 0 rings (SSSR count). The van der Waals surface area contributed by atoms with Crippen LogP contribution in [0.1, 0.15) is 286 Å². The highest BCUT2D eigenvalue weighted by Crippen LogP contribution is 2.29. The zero-order chi connectivity index (χ0) is 72.6. The SMILES string of the molecule is CCCCCC(=O)CCOCC(COCCC(=O)CCCCC)(COCCC(=O)NCCCC)CC(=O)CCCCCCCCCCC(=O)OC.CCCCN.CCOCC(COCC)(COCC)CC(=O)CCCCCCCCCCC(=O)OC.O=C=O.O=C=O.O=C=O. The van der Waals surface area contributed by atoms with E-state index in [1.54, 1.807) is 0 Å². The molecule has 0 aromatic rings. The molecule has 556 valence electrons. The molecule has 0 unspecified atom stereocenters. The average molecular weight is 1360 g/mol. The highest BCUT2D eigenvalue weighted by molar-refractivity contribution is 5.80. The van der Waals surface area contributed by atoms with Crippen LogP contribution >= 0.6 is 0 Å². The van der Waals surface area contributed by atoms with E-state index in [9.17, 15) is 33.6 Å². The van der Waals surface area contributed by atoms with Gasteiger partial charge in [-0.15, -0.1) is 0 Å². The van der Waals surface area contributed by atoms with Crippen molar-refractivity contribution in [1.82, 2.24) is 5.32 Å². The number of esters is 2. The average Bonchev–Trinajstić information content (AvgIpc) is 0.949. The van der Waals surface area contributed by atoms with E-state index < -0.39 is 5.41 Å². The molecule has 0 saturated heterocycles. The van der Waals surface area contributed by atoms with Crippen LogP contribution in [-0.4, -0.2) is 166 Å². The van der Waals surface area contributed by atoms with Crippen molar-refractivity contribution in [3.63, 3.8) is 0 Å². The number of amides is 1. The number of ketones is 4. The number of hydrogen-bond acceptors (Lipinski definition) is 22. The maximum absolute atomic E-state index is 13.4. The van der Waals surface area contributed by atoms with E-state index in [1.807, 2.05) is 20.8 Å². The Balaban J connectivity index is -0.000000377. The van der Waals surface area contributed by atoms with Crippen LogP contribution in [0.3, 0.4) is 0 Å². The van der Waals surface area contributed by atoms with Crippen LogP contribution in [0.2, 0.25) is 0 Å². The summed E-state index contributed by atoms with van der Waals surface area (Å²) in [5.41, 5.74) is 3.96. The molecule has 23 nitrogen and oxygen atoms in total. The Bertz CT molecular complexity index is 1760. The molecule has 0 fully saturated rings. The fourth-order valence-electron chi connectivity index (χ4n) is 9.53. The maximum Gasteiger partial charge on any atom is 0.373 e. The molecular formula is C72H132N2O21. The van der Waals surface area contributed by atoms with Gasteiger partial charge in [0.05, 0.1) is 73.7 Å². The molecule has 1 amide bonds. The summed E-state index contributed by atoms with van der Waals surface area (Å²) in [6.45, 7) is 20.4. The number of ether oxygens (including phenoxy) is 8. The molecule has 0 atom stereocenters. The quantitative estimate of drug-likeness (QED) is 0.0422.